The van der Waals surface area contributed by atoms with Crippen LogP contribution in [0.5, 0.6) is 0 Å². The highest BCUT2D eigenvalue weighted by Crippen LogP contribution is 2.35. The Hall–Kier alpha value is -0.760. The molecule has 1 atom stereocenters. The molecule has 48 valence electrons. The molecule has 1 aliphatic carbocycles. The molecule has 2 nitrogen and oxygen atoms in total. The van der Waals surface area contributed by atoms with E-state index in [9.17, 15) is 0 Å². The lowest BCUT2D eigenvalue weighted by Gasteiger charge is -1.99. The molecule has 1 aliphatic heterocycles. The Labute approximate surface area is 54.0 Å². The third kappa shape index (κ3) is 0.754. The van der Waals surface area contributed by atoms with Gasteiger partial charge in [-0.25, -0.2) is 0 Å². The van der Waals surface area contributed by atoms with Gasteiger partial charge in [0.05, 0.1) is 0 Å². The molecule has 0 radical (unpaired) electrons. The fourth-order valence-corrected chi connectivity index (χ4v) is 1.08. The lowest BCUT2D eigenvalue weighted by atomic mass is 10.1. The van der Waals surface area contributed by atoms with E-state index >= 15 is 0 Å². The number of fused-ring (bicyclic) bond motifs is 1. The number of ether oxygens (including phenoxy) is 1. The van der Waals surface area contributed by atoms with E-state index in [1.807, 2.05) is 6.08 Å². The average molecular weight is 123 g/mol. The maximum Gasteiger partial charge on any atom is 0.159 e. The molecule has 0 aromatic rings. The second kappa shape index (κ2) is 1.61. The van der Waals surface area contributed by atoms with Gasteiger partial charge < -0.3 is 10.5 Å². The van der Waals surface area contributed by atoms with Crippen LogP contribution in [0.2, 0.25) is 0 Å². The van der Waals surface area contributed by atoms with Gasteiger partial charge in [0.25, 0.3) is 0 Å². The molecule has 2 N–H and O–H groups in total. The number of epoxide rings is 1. The van der Waals surface area contributed by atoms with Gasteiger partial charge in [0.1, 0.15) is 5.76 Å². The predicted octanol–water partition coefficient (Wildman–Crippen LogP) is 0.558. The van der Waals surface area contributed by atoms with Gasteiger partial charge in [-0.3, -0.25) is 0 Å². The molecule has 0 spiro atoms. The topological polar surface area (TPSA) is 38.5 Å². The van der Waals surface area contributed by atoms with Gasteiger partial charge in [-0.2, -0.15) is 0 Å². The van der Waals surface area contributed by atoms with E-state index in [-0.39, 0.29) is 0 Å². The summed E-state index contributed by atoms with van der Waals surface area (Å²) in [5, 5.41) is 0. The summed E-state index contributed by atoms with van der Waals surface area (Å²) in [4.78, 5) is 0. The van der Waals surface area contributed by atoms with E-state index < -0.39 is 0 Å². The standard InChI is InChI=1S/C7H9NO/c8-4-5-1-2-6-7(3-5)9-6/h1-2,7H,3-4,8H2. The van der Waals surface area contributed by atoms with Gasteiger partial charge in [-0.15, -0.1) is 0 Å². The molecule has 2 heteroatoms. The molecule has 2 aliphatic rings. The summed E-state index contributed by atoms with van der Waals surface area (Å²) in [6.07, 6.45) is 5.48. The zero-order valence-corrected chi connectivity index (χ0v) is 5.13. The third-order valence-electron chi connectivity index (χ3n) is 1.73. The summed E-state index contributed by atoms with van der Waals surface area (Å²) in [7, 11) is 0. The second-order valence-electron chi connectivity index (χ2n) is 2.41. The van der Waals surface area contributed by atoms with Gasteiger partial charge in [0.15, 0.2) is 6.10 Å². The Kier molecular flexibility index (Phi) is 0.904. The quantitative estimate of drug-likeness (QED) is 0.517. The highest BCUT2D eigenvalue weighted by atomic mass is 16.6. The van der Waals surface area contributed by atoms with Crippen LogP contribution >= 0.6 is 0 Å². The van der Waals surface area contributed by atoms with Crippen LogP contribution in [0.3, 0.4) is 0 Å². The predicted molar refractivity (Wildman–Crippen MR) is 34.7 cm³/mol. The monoisotopic (exact) mass is 123 g/mol. The largest absolute Gasteiger partial charge is 0.483 e. The SMILES string of the molecule is NCC1=CC=C2OC2C1. The molecule has 1 heterocycles. The van der Waals surface area contributed by atoms with E-state index in [0.717, 1.165) is 12.2 Å². The summed E-state index contributed by atoms with van der Waals surface area (Å²) in [6, 6.07) is 0. The van der Waals surface area contributed by atoms with Gasteiger partial charge in [-0.05, 0) is 6.08 Å². The number of hydrogen-bond donors (Lipinski definition) is 1. The molecule has 0 amide bonds. The number of nitrogens with two attached hydrogens (primary N) is 1. The molecular formula is C7H9NO. The van der Waals surface area contributed by atoms with E-state index in [0.29, 0.717) is 12.6 Å². The van der Waals surface area contributed by atoms with Crippen molar-refractivity contribution in [3.63, 3.8) is 0 Å². The van der Waals surface area contributed by atoms with Crippen molar-refractivity contribution in [1.29, 1.82) is 0 Å². The van der Waals surface area contributed by atoms with Crippen LogP contribution < -0.4 is 5.73 Å². The van der Waals surface area contributed by atoms with Crippen LogP contribution in [0.4, 0.5) is 0 Å². The molecule has 9 heavy (non-hydrogen) atoms. The van der Waals surface area contributed by atoms with E-state index in [4.69, 9.17) is 10.5 Å². The van der Waals surface area contributed by atoms with Crippen LogP contribution in [0, 0.1) is 0 Å². The molecule has 0 aromatic carbocycles. The Morgan fingerprint density at radius 3 is 3.22 bits per heavy atom. The Balaban J connectivity index is 2.14. The first kappa shape index (κ1) is 5.06. The van der Waals surface area contributed by atoms with Crippen molar-refractivity contribution in [3.8, 4) is 0 Å². The van der Waals surface area contributed by atoms with Gasteiger partial charge in [0.2, 0.25) is 0 Å². The van der Waals surface area contributed by atoms with E-state index in [2.05, 4.69) is 6.08 Å². The summed E-state index contributed by atoms with van der Waals surface area (Å²) in [5.74, 6) is 1.13. The molecule has 1 fully saturated rings. The average Bonchev–Trinajstić information content (AvgIpc) is 2.64. The van der Waals surface area contributed by atoms with Gasteiger partial charge in [-0.1, -0.05) is 11.6 Å². The summed E-state index contributed by atoms with van der Waals surface area (Å²) >= 11 is 0. The van der Waals surface area contributed by atoms with Crippen molar-refractivity contribution in [1.82, 2.24) is 0 Å². The zero-order chi connectivity index (χ0) is 6.27. The molecule has 0 bridgehead atoms. The third-order valence-corrected chi connectivity index (χ3v) is 1.73. The molecule has 0 aromatic heterocycles. The maximum absolute atomic E-state index is 5.43. The van der Waals surface area contributed by atoms with Crippen molar-refractivity contribution < 1.29 is 4.74 Å². The Morgan fingerprint density at radius 2 is 2.56 bits per heavy atom. The summed E-state index contributed by atoms with van der Waals surface area (Å²) in [6.45, 7) is 0.670. The minimum atomic E-state index is 0.397. The minimum Gasteiger partial charge on any atom is -0.483 e. The van der Waals surface area contributed by atoms with Gasteiger partial charge in [0, 0.05) is 13.0 Å². The van der Waals surface area contributed by atoms with Crippen LogP contribution in [0.1, 0.15) is 6.42 Å². The van der Waals surface area contributed by atoms with Crippen molar-refractivity contribution in [2.24, 2.45) is 5.73 Å². The second-order valence-corrected chi connectivity index (χ2v) is 2.41. The number of hydrogen-bond acceptors (Lipinski definition) is 2. The van der Waals surface area contributed by atoms with Gasteiger partial charge >= 0.3 is 0 Å². The normalized spacial score (nSPS) is 29.7. The zero-order valence-electron chi connectivity index (χ0n) is 5.13. The van der Waals surface area contributed by atoms with Crippen molar-refractivity contribution in [3.05, 3.63) is 23.5 Å². The highest BCUT2D eigenvalue weighted by molar-refractivity contribution is 5.31. The first-order valence-corrected chi connectivity index (χ1v) is 3.16. The van der Waals surface area contributed by atoms with Crippen LogP contribution in [-0.4, -0.2) is 12.6 Å². The summed E-state index contributed by atoms with van der Waals surface area (Å²) in [5.41, 5.74) is 6.72. The van der Waals surface area contributed by atoms with E-state index in [1.54, 1.807) is 0 Å². The van der Waals surface area contributed by atoms with E-state index in [1.165, 1.54) is 5.57 Å². The fourth-order valence-electron chi connectivity index (χ4n) is 1.08. The number of allylic oxidation sites excluding steroid dienone is 2. The molecular weight excluding hydrogens is 114 g/mol. The molecule has 0 saturated carbocycles. The lowest BCUT2D eigenvalue weighted by molar-refractivity contribution is 0.426. The first-order chi connectivity index (χ1) is 4.40. The number of rotatable bonds is 1. The minimum absolute atomic E-state index is 0.397. The lowest BCUT2D eigenvalue weighted by Crippen LogP contribution is -2.06. The Morgan fingerprint density at radius 1 is 1.67 bits per heavy atom. The Bertz CT molecular complexity index is 193. The van der Waals surface area contributed by atoms with Crippen LogP contribution in [-0.2, 0) is 4.74 Å². The first-order valence-electron chi connectivity index (χ1n) is 3.16. The van der Waals surface area contributed by atoms with Crippen molar-refractivity contribution >= 4 is 0 Å². The van der Waals surface area contributed by atoms with Crippen LogP contribution in [0.25, 0.3) is 0 Å². The fraction of sp³-hybridized carbons (Fsp3) is 0.429. The van der Waals surface area contributed by atoms with Crippen molar-refractivity contribution in [2.75, 3.05) is 6.54 Å². The van der Waals surface area contributed by atoms with Crippen LogP contribution in [0.15, 0.2) is 23.5 Å². The molecule has 1 unspecified atom stereocenters. The molecule has 2 rings (SSSR count). The maximum atomic E-state index is 5.43. The smallest absolute Gasteiger partial charge is 0.159 e. The van der Waals surface area contributed by atoms with Crippen molar-refractivity contribution in [2.45, 2.75) is 12.5 Å². The summed E-state index contributed by atoms with van der Waals surface area (Å²) < 4.78 is 5.16. The molecule has 1 saturated heterocycles. The highest BCUT2D eigenvalue weighted by Gasteiger charge is 2.34.